The summed E-state index contributed by atoms with van der Waals surface area (Å²) in [4.78, 5) is 12.3. The fourth-order valence-corrected chi connectivity index (χ4v) is 2.87. The second-order valence-electron chi connectivity index (χ2n) is 6.08. The maximum atomic E-state index is 12.3. The minimum Gasteiger partial charge on any atom is -0.493 e. The number of fused-ring (bicyclic) bond motifs is 1. The summed E-state index contributed by atoms with van der Waals surface area (Å²) in [5.74, 6) is 1.73. The SMILES string of the molecule is COc1ccc(-c2cc(CNC(=O)c3cc4ccccc4o3)no2)cc1OC. The van der Waals surface area contributed by atoms with Gasteiger partial charge in [-0.3, -0.25) is 4.79 Å². The van der Waals surface area contributed by atoms with Gasteiger partial charge in [0.25, 0.3) is 5.91 Å². The van der Waals surface area contributed by atoms with Crippen LogP contribution in [0.15, 0.2) is 63.5 Å². The van der Waals surface area contributed by atoms with Gasteiger partial charge < -0.3 is 23.7 Å². The average Bonchev–Trinajstić information content (AvgIpc) is 3.38. The number of ether oxygens (including phenoxy) is 2. The van der Waals surface area contributed by atoms with Gasteiger partial charge >= 0.3 is 0 Å². The Bertz CT molecular complexity index is 1100. The van der Waals surface area contributed by atoms with Crippen molar-refractivity contribution in [3.05, 3.63) is 66.1 Å². The van der Waals surface area contributed by atoms with E-state index in [2.05, 4.69) is 10.5 Å². The van der Waals surface area contributed by atoms with E-state index in [4.69, 9.17) is 18.4 Å². The van der Waals surface area contributed by atoms with Crippen LogP contribution in [0, 0.1) is 0 Å². The smallest absolute Gasteiger partial charge is 0.287 e. The standard InChI is InChI=1S/C21H18N2O5/c1-25-17-8-7-14(9-19(17)26-2)18-11-15(23-28-18)12-22-21(24)20-10-13-5-3-4-6-16(13)27-20/h3-11H,12H2,1-2H3,(H,22,24). The molecule has 0 bridgehead atoms. The summed E-state index contributed by atoms with van der Waals surface area (Å²) in [7, 11) is 3.15. The Labute approximate surface area is 160 Å². The number of aromatic nitrogens is 1. The number of benzene rings is 2. The second kappa shape index (κ2) is 7.48. The van der Waals surface area contributed by atoms with Gasteiger partial charge in [-0.1, -0.05) is 23.4 Å². The number of nitrogens with zero attached hydrogens (tertiary/aromatic N) is 1. The van der Waals surface area contributed by atoms with Crippen molar-refractivity contribution < 1.29 is 23.2 Å². The minimum atomic E-state index is -0.313. The Balaban J connectivity index is 1.45. The highest BCUT2D eigenvalue weighted by atomic mass is 16.5. The van der Waals surface area contributed by atoms with Gasteiger partial charge in [0, 0.05) is 17.0 Å². The molecule has 0 aliphatic carbocycles. The van der Waals surface area contributed by atoms with Crippen molar-refractivity contribution in [3.63, 3.8) is 0 Å². The van der Waals surface area contributed by atoms with Crippen molar-refractivity contribution in [1.29, 1.82) is 0 Å². The van der Waals surface area contributed by atoms with Crippen LogP contribution in [0.25, 0.3) is 22.3 Å². The van der Waals surface area contributed by atoms with Crippen LogP contribution in [0.4, 0.5) is 0 Å². The minimum absolute atomic E-state index is 0.215. The molecule has 1 N–H and O–H groups in total. The molecule has 0 saturated carbocycles. The molecule has 1 amide bonds. The van der Waals surface area contributed by atoms with E-state index in [0.29, 0.717) is 28.5 Å². The summed E-state index contributed by atoms with van der Waals surface area (Å²) < 4.78 is 21.5. The number of para-hydroxylation sites is 1. The predicted octanol–water partition coefficient (Wildman–Crippen LogP) is 4.04. The second-order valence-corrected chi connectivity index (χ2v) is 6.08. The molecular formula is C21H18N2O5. The summed E-state index contributed by atoms with van der Waals surface area (Å²) in [6.07, 6.45) is 0. The van der Waals surface area contributed by atoms with Crippen LogP contribution in [0.2, 0.25) is 0 Å². The zero-order chi connectivity index (χ0) is 19.5. The number of nitrogens with one attached hydrogen (secondary N) is 1. The third-order valence-corrected chi connectivity index (χ3v) is 4.31. The zero-order valence-electron chi connectivity index (χ0n) is 15.4. The maximum Gasteiger partial charge on any atom is 0.287 e. The van der Waals surface area contributed by atoms with Crippen LogP contribution in [-0.4, -0.2) is 25.3 Å². The summed E-state index contributed by atoms with van der Waals surface area (Å²) in [5, 5.41) is 7.67. The fraction of sp³-hybridized carbons (Fsp3) is 0.143. The molecule has 0 unspecified atom stereocenters. The Morgan fingerprint density at radius 2 is 1.86 bits per heavy atom. The quantitative estimate of drug-likeness (QED) is 0.545. The lowest BCUT2D eigenvalue weighted by molar-refractivity contribution is 0.0924. The number of hydrogen-bond donors (Lipinski definition) is 1. The van der Waals surface area contributed by atoms with Gasteiger partial charge in [-0.15, -0.1) is 0 Å². The third kappa shape index (κ3) is 3.42. The molecule has 0 aliphatic rings. The van der Waals surface area contributed by atoms with Crippen LogP contribution in [0.3, 0.4) is 0 Å². The van der Waals surface area contributed by atoms with E-state index in [0.717, 1.165) is 10.9 Å². The lowest BCUT2D eigenvalue weighted by atomic mass is 10.1. The molecular weight excluding hydrogens is 360 g/mol. The summed E-state index contributed by atoms with van der Waals surface area (Å²) in [6, 6.07) is 16.4. The number of carbonyl (C=O) groups excluding carboxylic acids is 1. The lowest BCUT2D eigenvalue weighted by Crippen LogP contribution is -2.22. The molecule has 7 heteroatoms. The van der Waals surface area contributed by atoms with Gasteiger partial charge in [0.1, 0.15) is 11.3 Å². The Morgan fingerprint density at radius 3 is 2.64 bits per heavy atom. The summed E-state index contributed by atoms with van der Waals surface area (Å²) in [6.45, 7) is 0.215. The Hall–Kier alpha value is -3.74. The molecule has 28 heavy (non-hydrogen) atoms. The molecule has 2 aromatic heterocycles. The van der Waals surface area contributed by atoms with Gasteiger partial charge in [-0.05, 0) is 30.3 Å². The van der Waals surface area contributed by atoms with Crippen molar-refractivity contribution in [3.8, 4) is 22.8 Å². The molecule has 4 aromatic rings. The van der Waals surface area contributed by atoms with Crippen LogP contribution < -0.4 is 14.8 Å². The van der Waals surface area contributed by atoms with Crippen molar-refractivity contribution in [1.82, 2.24) is 10.5 Å². The Morgan fingerprint density at radius 1 is 1.04 bits per heavy atom. The molecule has 2 heterocycles. The molecule has 2 aromatic carbocycles. The first-order chi connectivity index (χ1) is 13.7. The average molecular weight is 378 g/mol. The van der Waals surface area contributed by atoms with Crippen molar-refractivity contribution in [2.24, 2.45) is 0 Å². The number of methoxy groups -OCH3 is 2. The summed E-state index contributed by atoms with van der Waals surface area (Å²) >= 11 is 0. The highest BCUT2D eigenvalue weighted by molar-refractivity contribution is 5.96. The van der Waals surface area contributed by atoms with E-state index >= 15 is 0 Å². The van der Waals surface area contributed by atoms with E-state index in [-0.39, 0.29) is 18.2 Å². The maximum absolute atomic E-state index is 12.3. The number of furan rings is 1. The lowest BCUT2D eigenvalue weighted by Gasteiger charge is -2.07. The van der Waals surface area contributed by atoms with Crippen LogP contribution in [0.1, 0.15) is 16.2 Å². The van der Waals surface area contributed by atoms with Crippen LogP contribution in [-0.2, 0) is 6.54 Å². The number of hydrogen-bond acceptors (Lipinski definition) is 6. The first-order valence-electron chi connectivity index (χ1n) is 8.62. The highest BCUT2D eigenvalue weighted by Gasteiger charge is 2.14. The van der Waals surface area contributed by atoms with Crippen LogP contribution >= 0.6 is 0 Å². The number of rotatable bonds is 6. The molecule has 0 spiro atoms. The predicted molar refractivity (Wildman–Crippen MR) is 102 cm³/mol. The van der Waals surface area contributed by atoms with E-state index in [1.165, 1.54) is 0 Å². The van der Waals surface area contributed by atoms with E-state index in [1.54, 1.807) is 38.5 Å². The van der Waals surface area contributed by atoms with Gasteiger partial charge in [-0.2, -0.15) is 0 Å². The summed E-state index contributed by atoms with van der Waals surface area (Å²) in [5.41, 5.74) is 2.05. The molecule has 7 nitrogen and oxygen atoms in total. The number of amides is 1. The van der Waals surface area contributed by atoms with Gasteiger partial charge in [0.05, 0.1) is 20.8 Å². The first kappa shape index (κ1) is 17.7. The molecule has 0 saturated heterocycles. The van der Waals surface area contributed by atoms with Crippen molar-refractivity contribution in [2.75, 3.05) is 14.2 Å². The van der Waals surface area contributed by atoms with E-state index in [1.807, 2.05) is 30.3 Å². The molecule has 142 valence electrons. The highest BCUT2D eigenvalue weighted by Crippen LogP contribution is 2.32. The first-order valence-corrected chi connectivity index (χ1v) is 8.62. The molecule has 0 aliphatic heterocycles. The van der Waals surface area contributed by atoms with Gasteiger partial charge in [0.15, 0.2) is 23.0 Å². The van der Waals surface area contributed by atoms with Crippen LogP contribution in [0.5, 0.6) is 11.5 Å². The molecule has 0 atom stereocenters. The Kier molecular flexibility index (Phi) is 4.72. The topological polar surface area (TPSA) is 86.7 Å². The normalized spacial score (nSPS) is 10.8. The zero-order valence-corrected chi connectivity index (χ0v) is 15.4. The largest absolute Gasteiger partial charge is 0.493 e. The fourth-order valence-electron chi connectivity index (χ4n) is 2.87. The molecule has 0 fully saturated rings. The van der Waals surface area contributed by atoms with E-state index in [9.17, 15) is 4.79 Å². The molecule has 0 radical (unpaired) electrons. The number of carbonyl (C=O) groups is 1. The van der Waals surface area contributed by atoms with E-state index < -0.39 is 0 Å². The third-order valence-electron chi connectivity index (χ3n) is 4.31. The van der Waals surface area contributed by atoms with Crippen molar-refractivity contribution in [2.45, 2.75) is 6.54 Å². The monoisotopic (exact) mass is 378 g/mol. The van der Waals surface area contributed by atoms with Gasteiger partial charge in [0.2, 0.25) is 0 Å². The van der Waals surface area contributed by atoms with Crippen molar-refractivity contribution >= 4 is 16.9 Å². The molecule has 4 rings (SSSR count). The van der Waals surface area contributed by atoms with Gasteiger partial charge in [-0.25, -0.2) is 0 Å².